The summed E-state index contributed by atoms with van der Waals surface area (Å²) in [4.78, 5) is 29.0. The van der Waals surface area contributed by atoms with Gasteiger partial charge in [-0.2, -0.15) is 0 Å². The number of pyridine rings is 1. The fourth-order valence-electron chi connectivity index (χ4n) is 2.96. The molecular formula is C19H20N8O. The van der Waals surface area contributed by atoms with E-state index in [1.54, 1.807) is 47.9 Å². The second-order valence-electron chi connectivity index (χ2n) is 6.34. The quantitative estimate of drug-likeness (QED) is 0.710. The lowest BCUT2D eigenvalue weighted by molar-refractivity contribution is 0.0739. The van der Waals surface area contributed by atoms with Crippen LogP contribution >= 0.6 is 0 Å². The summed E-state index contributed by atoms with van der Waals surface area (Å²) >= 11 is 0. The normalized spacial score (nSPS) is 14.0. The minimum absolute atomic E-state index is 0.109. The van der Waals surface area contributed by atoms with Crippen molar-refractivity contribution in [3.63, 3.8) is 0 Å². The van der Waals surface area contributed by atoms with E-state index >= 15 is 0 Å². The molecule has 0 bridgehead atoms. The minimum Gasteiger partial charge on any atom is -0.365 e. The third-order valence-corrected chi connectivity index (χ3v) is 4.51. The fraction of sp³-hybridized carbons (Fsp3) is 0.263. The topological polar surface area (TPSA) is 100 Å². The SMILES string of the molecule is O=C(c1ccc(NCc2ccncc2)nn1)N1CCN(c2ncccn2)CC1. The van der Waals surface area contributed by atoms with E-state index in [2.05, 4.69) is 35.4 Å². The molecule has 9 heteroatoms. The van der Waals surface area contributed by atoms with Crippen LogP contribution in [0.3, 0.4) is 0 Å². The van der Waals surface area contributed by atoms with Crippen molar-refractivity contribution in [1.82, 2.24) is 30.0 Å². The number of amides is 1. The Morgan fingerprint density at radius 1 is 0.929 bits per heavy atom. The van der Waals surface area contributed by atoms with Gasteiger partial charge in [0.15, 0.2) is 5.69 Å². The van der Waals surface area contributed by atoms with Gasteiger partial charge >= 0.3 is 0 Å². The Hall–Kier alpha value is -3.62. The zero-order chi connectivity index (χ0) is 19.2. The molecule has 0 aromatic carbocycles. The Bertz CT molecular complexity index is 896. The van der Waals surface area contributed by atoms with E-state index in [0.29, 0.717) is 50.2 Å². The van der Waals surface area contributed by atoms with Crippen molar-refractivity contribution in [3.8, 4) is 0 Å². The molecule has 3 aromatic heterocycles. The monoisotopic (exact) mass is 376 g/mol. The highest BCUT2D eigenvalue weighted by Gasteiger charge is 2.24. The van der Waals surface area contributed by atoms with E-state index in [9.17, 15) is 4.79 Å². The van der Waals surface area contributed by atoms with Gasteiger partial charge in [0.1, 0.15) is 5.82 Å². The van der Waals surface area contributed by atoms with Gasteiger partial charge in [0.25, 0.3) is 5.91 Å². The number of piperazine rings is 1. The highest BCUT2D eigenvalue weighted by molar-refractivity contribution is 5.92. The summed E-state index contributed by atoms with van der Waals surface area (Å²) in [6, 6.07) is 9.13. The Labute approximate surface area is 162 Å². The molecule has 0 radical (unpaired) electrons. The summed E-state index contributed by atoms with van der Waals surface area (Å²) in [5.41, 5.74) is 1.44. The maximum absolute atomic E-state index is 12.7. The first-order valence-corrected chi connectivity index (χ1v) is 9.07. The lowest BCUT2D eigenvalue weighted by Gasteiger charge is -2.34. The predicted molar refractivity (Wildman–Crippen MR) is 104 cm³/mol. The molecular weight excluding hydrogens is 356 g/mol. The summed E-state index contributed by atoms with van der Waals surface area (Å²) in [5.74, 6) is 1.21. The molecule has 1 N–H and O–H groups in total. The summed E-state index contributed by atoms with van der Waals surface area (Å²) in [6.07, 6.45) is 6.93. The molecule has 4 rings (SSSR count). The van der Waals surface area contributed by atoms with E-state index in [1.165, 1.54) is 0 Å². The molecule has 0 atom stereocenters. The first kappa shape index (κ1) is 17.8. The summed E-state index contributed by atoms with van der Waals surface area (Å²) < 4.78 is 0. The first-order valence-electron chi connectivity index (χ1n) is 9.07. The number of hydrogen-bond donors (Lipinski definition) is 1. The highest BCUT2D eigenvalue weighted by Crippen LogP contribution is 2.12. The standard InChI is InChI=1S/C19H20N8O/c28-18(26-10-12-27(13-11-26)19-21-6-1-7-22-19)16-2-3-17(25-24-16)23-14-15-4-8-20-9-5-15/h1-9H,10-14H2,(H,23,25). The minimum atomic E-state index is -0.109. The van der Waals surface area contributed by atoms with E-state index in [-0.39, 0.29) is 5.91 Å². The van der Waals surface area contributed by atoms with Crippen molar-refractivity contribution in [3.05, 3.63) is 66.4 Å². The molecule has 9 nitrogen and oxygen atoms in total. The zero-order valence-corrected chi connectivity index (χ0v) is 15.3. The average molecular weight is 376 g/mol. The summed E-state index contributed by atoms with van der Waals surface area (Å²) in [5, 5.41) is 11.4. The number of nitrogens with zero attached hydrogens (tertiary/aromatic N) is 7. The van der Waals surface area contributed by atoms with Crippen molar-refractivity contribution in [2.45, 2.75) is 6.54 Å². The van der Waals surface area contributed by atoms with Crippen molar-refractivity contribution < 1.29 is 4.79 Å². The Kier molecular flexibility index (Phi) is 5.32. The van der Waals surface area contributed by atoms with Crippen molar-refractivity contribution >= 4 is 17.7 Å². The van der Waals surface area contributed by atoms with Crippen LogP contribution in [0, 0.1) is 0 Å². The molecule has 142 valence electrons. The van der Waals surface area contributed by atoms with Crippen LogP contribution in [0.4, 0.5) is 11.8 Å². The van der Waals surface area contributed by atoms with Crippen LogP contribution in [-0.2, 0) is 6.54 Å². The Morgan fingerprint density at radius 2 is 1.68 bits per heavy atom. The number of rotatable bonds is 5. The molecule has 0 saturated carbocycles. The van der Waals surface area contributed by atoms with Gasteiger partial charge in [0.05, 0.1) is 0 Å². The fourth-order valence-corrected chi connectivity index (χ4v) is 2.96. The van der Waals surface area contributed by atoms with Gasteiger partial charge in [0.2, 0.25) is 5.95 Å². The summed E-state index contributed by atoms with van der Waals surface area (Å²) in [6.45, 7) is 3.19. The first-order chi connectivity index (χ1) is 13.8. The van der Waals surface area contributed by atoms with E-state index in [1.807, 2.05) is 12.1 Å². The third kappa shape index (κ3) is 4.20. The molecule has 1 aliphatic heterocycles. The maximum atomic E-state index is 12.7. The second-order valence-corrected chi connectivity index (χ2v) is 6.34. The third-order valence-electron chi connectivity index (χ3n) is 4.51. The number of hydrogen-bond acceptors (Lipinski definition) is 8. The number of nitrogens with one attached hydrogen (secondary N) is 1. The lowest BCUT2D eigenvalue weighted by atomic mass is 10.2. The molecule has 0 unspecified atom stereocenters. The van der Waals surface area contributed by atoms with Crippen LogP contribution < -0.4 is 10.2 Å². The number of carbonyl (C=O) groups excluding carboxylic acids is 1. The largest absolute Gasteiger partial charge is 0.365 e. The predicted octanol–water partition coefficient (Wildman–Crippen LogP) is 1.24. The molecule has 1 amide bonds. The maximum Gasteiger partial charge on any atom is 0.274 e. The van der Waals surface area contributed by atoms with Crippen molar-refractivity contribution in [2.24, 2.45) is 0 Å². The van der Waals surface area contributed by atoms with Gasteiger partial charge in [-0.1, -0.05) is 0 Å². The summed E-state index contributed by atoms with van der Waals surface area (Å²) in [7, 11) is 0. The van der Waals surface area contributed by atoms with Crippen molar-refractivity contribution in [1.29, 1.82) is 0 Å². The Balaban J connectivity index is 1.31. The van der Waals surface area contributed by atoms with E-state index < -0.39 is 0 Å². The van der Waals surface area contributed by atoms with Gasteiger partial charge in [0, 0.05) is 57.5 Å². The van der Waals surface area contributed by atoms with Crippen LogP contribution in [-0.4, -0.2) is 62.1 Å². The lowest BCUT2D eigenvalue weighted by Crippen LogP contribution is -2.49. The van der Waals surface area contributed by atoms with Crippen LogP contribution in [0.5, 0.6) is 0 Å². The number of carbonyl (C=O) groups is 1. The molecule has 1 fully saturated rings. The number of aromatic nitrogens is 5. The molecule has 3 aromatic rings. The zero-order valence-electron chi connectivity index (χ0n) is 15.3. The average Bonchev–Trinajstić information content (AvgIpc) is 2.79. The second kappa shape index (κ2) is 8.38. The molecule has 1 saturated heterocycles. The smallest absolute Gasteiger partial charge is 0.274 e. The van der Waals surface area contributed by atoms with Gasteiger partial charge in [-0.05, 0) is 35.9 Å². The van der Waals surface area contributed by atoms with E-state index in [4.69, 9.17) is 0 Å². The van der Waals surface area contributed by atoms with Gasteiger partial charge < -0.3 is 15.1 Å². The number of anilines is 2. The molecule has 4 heterocycles. The van der Waals surface area contributed by atoms with Crippen LogP contribution in [0.2, 0.25) is 0 Å². The van der Waals surface area contributed by atoms with E-state index in [0.717, 1.165) is 5.56 Å². The highest BCUT2D eigenvalue weighted by atomic mass is 16.2. The van der Waals surface area contributed by atoms with Crippen molar-refractivity contribution in [2.75, 3.05) is 36.4 Å². The molecule has 0 spiro atoms. The van der Waals surface area contributed by atoms with Crippen LogP contribution in [0.15, 0.2) is 55.1 Å². The molecule has 28 heavy (non-hydrogen) atoms. The van der Waals surface area contributed by atoms with Crippen LogP contribution in [0.25, 0.3) is 0 Å². The Morgan fingerprint density at radius 3 is 2.36 bits per heavy atom. The van der Waals surface area contributed by atoms with Gasteiger partial charge in [-0.25, -0.2) is 9.97 Å². The molecule has 1 aliphatic rings. The van der Waals surface area contributed by atoms with Crippen LogP contribution in [0.1, 0.15) is 16.1 Å². The molecule has 0 aliphatic carbocycles. The van der Waals surface area contributed by atoms with Gasteiger partial charge in [-0.15, -0.1) is 10.2 Å². The van der Waals surface area contributed by atoms with Gasteiger partial charge in [-0.3, -0.25) is 9.78 Å².